The molecule has 1 aliphatic rings. The van der Waals surface area contributed by atoms with Gasteiger partial charge in [-0.3, -0.25) is 9.29 Å². The molecule has 5 atom stereocenters. The molecule has 0 radical (unpaired) electrons. The number of anilines is 1. The van der Waals surface area contributed by atoms with Crippen LogP contribution in [0.5, 0.6) is 5.75 Å². The minimum atomic E-state index is -4.05. The number of sulfonamides is 1. The quantitative estimate of drug-likeness (QED) is 0.354. The summed E-state index contributed by atoms with van der Waals surface area (Å²) in [5.41, 5.74) is 0. The Balaban J connectivity index is 1.94. The van der Waals surface area contributed by atoms with Crippen molar-refractivity contribution in [2.75, 3.05) is 39.3 Å². The predicted molar refractivity (Wildman–Crippen MR) is 135 cm³/mol. The largest absolute Gasteiger partial charge is 0.494 e. The maximum absolute atomic E-state index is 13.6. The lowest BCUT2D eigenvalue weighted by atomic mass is 10.2. The lowest BCUT2D eigenvalue weighted by molar-refractivity contribution is 0.00193. The van der Waals surface area contributed by atoms with Crippen LogP contribution in [0.3, 0.4) is 0 Å². The Kier molecular flexibility index (Phi) is 10.6. The maximum atomic E-state index is 13.6. The third kappa shape index (κ3) is 7.13. The van der Waals surface area contributed by atoms with Gasteiger partial charge in [0, 0.05) is 27.2 Å². The number of hydrogen-bond acceptors (Lipinski definition) is 11. The van der Waals surface area contributed by atoms with Crippen molar-refractivity contribution >= 4 is 16.0 Å². The van der Waals surface area contributed by atoms with Crippen LogP contribution >= 0.6 is 0 Å². The van der Waals surface area contributed by atoms with Crippen LogP contribution in [0.25, 0.3) is 0 Å². The summed E-state index contributed by atoms with van der Waals surface area (Å²) in [6.45, 7) is 6.19. The third-order valence-electron chi connectivity index (χ3n) is 6.16. The standard InChI is InChI=1S/C23H38N6O7S/c1-7-11-35-20(21-24-13-17(33-5)14-25-21)16(3)37(30,31)28-23-27-26-22(18-9-8-15(2)36-18)29(23)19(34-6)10-12-32-4/h13-16,18-20H,7-12H2,1-6H3,(H,27,28)/t15-,16-,18-,19?,20+/m0/s1. The second-order valence-corrected chi connectivity index (χ2v) is 10.9. The molecule has 2 aromatic heterocycles. The molecule has 208 valence electrons. The number of nitrogens with one attached hydrogen (secondary N) is 1. The van der Waals surface area contributed by atoms with Crippen molar-refractivity contribution in [2.24, 2.45) is 0 Å². The molecule has 1 fully saturated rings. The summed E-state index contributed by atoms with van der Waals surface area (Å²) in [7, 11) is 0.581. The van der Waals surface area contributed by atoms with Crippen LogP contribution in [0, 0.1) is 0 Å². The Morgan fingerprint density at radius 3 is 2.46 bits per heavy atom. The average molecular weight is 543 g/mol. The van der Waals surface area contributed by atoms with Crippen LogP contribution < -0.4 is 9.46 Å². The minimum Gasteiger partial charge on any atom is -0.494 e. The molecule has 0 aromatic carbocycles. The normalized spacial score (nSPS) is 20.5. The SMILES string of the molecule is CCCO[C@@H](c1ncc(OC)cn1)[C@H](C)S(=O)(=O)Nc1nnc([C@@H]2CC[C@H](C)O2)n1C(CCOC)OC. The van der Waals surface area contributed by atoms with Crippen LogP contribution in [-0.4, -0.2) is 79.0 Å². The molecule has 0 spiro atoms. The fourth-order valence-corrected chi connectivity index (χ4v) is 5.17. The molecule has 1 N–H and O–H groups in total. The molecule has 0 aliphatic carbocycles. The Morgan fingerprint density at radius 2 is 1.89 bits per heavy atom. The van der Waals surface area contributed by atoms with Crippen LogP contribution in [0.2, 0.25) is 0 Å². The number of methoxy groups -OCH3 is 3. The Morgan fingerprint density at radius 1 is 1.16 bits per heavy atom. The van der Waals surface area contributed by atoms with E-state index in [2.05, 4.69) is 24.9 Å². The predicted octanol–water partition coefficient (Wildman–Crippen LogP) is 2.80. The molecule has 1 saturated heterocycles. The van der Waals surface area contributed by atoms with E-state index >= 15 is 0 Å². The first-order valence-corrected chi connectivity index (χ1v) is 13.9. The molecule has 0 saturated carbocycles. The van der Waals surface area contributed by atoms with Crippen molar-refractivity contribution in [1.82, 2.24) is 24.7 Å². The van der Waals surface area contributed by atoms with E-state index in [1.807, 2.05) is 13.8 Å². The highest BCUT2D eigenvalue weighted by atomic mass is 32.2. The van der Waals surface area contributed by atoms with Crippen molar-refractivity contribution in [2.45, 2.75) is 76.2 Å². The lowest BCUT2D eigenvalue weighted by Crippen LogP contribution is -2.34. The molecule has 0 bridgehead atoms. The van der Waals surface area contributed by atoms with E-state index in [1.165, 1.54) is 19.5 Å². The summed E-state index contributed by atoms with van der Waals surface area (Å²) in [6, 6.07) is 0. The van der Waals surface area contributed by atoms with Gasteiger partial charge in [0.15, 0.2) is 17.4 Å². The van der Waals surface area contributed by atoms with Crippen molar-refractivity contribution in [3.8, 4) is 5.75 Å². The summed E-state index contributed by atoms with van der Waals surface area (Å²) in [5.74, 6) is 1.21. The fraction of sp³-hybridized carbons (Fsp3) is 0.739. The van der Waals surface area contributed by atoms with Crippen molar-refractivity contribution < 1.29 is 32.1 Å². The zero-order valence-corrected chi connectivity index (χ0v) is 23.1. The van der Waals surface area contributed by atoms with E-state index in [-0.39, 0.29) is 24.0 Å². The molecule has 14 heteroatoms. The first-order chi connectivity index (χ1) is 17.7. The molecule has 0 amide bonds. The maximum Gasteiger partial charge on any atom is 0.240 e. The first-order valence-electron chi connectivity index (χ1n) is 12.4. The van der Waals surface area contributed by atoms with E-state index in [9.17, 15) is 8.42 Å². The summed E-state index contributed by atoms with van der Waals surface area (Å²) in [5, 5.41) is 7.41. The Bertz CT molecular complexity index is 1080. The van der Waals surface area contributed by atoms with Gasteiger partial charge in [-0.2, -0.15) is 0 Å². The number of hydrogen-bond donors (Lipinski definition) is 1. The van der Waals surface area contributed by atoms with Crippen molar-refractivity contribution in [3.05, 3.63) is 24.0 Å². The topological polar surface area (TPSA) is 149 Å². The number of rotatable bonds is 15. The molecule has 3 heterocycles. The molecular weight excluding hydrogens is 504 g/mol. The van der Waals surface area contributed by atoms with Crippen molar-refractivity contribution in [1.29, 1.82) is 0 Å². The van der Waals surface area contributed by atoms with Gasteiger partial charge in [-0.05, 0) is 33.1 Å². The van der Waals surface area contributed by atoms with Gasteiger partial charge < -0.3 is 23.7 Å². The molecule has 3 rings (SSSR count). The Labute approximate surface area is 218 Å². The highest BCUT2D eigenvalue weighted by molar-refractivity contribution is 7.93. The van der Waals surface area contributed by atoms with Gasteiger partial charge in [-0.15, -0.1) is 10.2 Å². The average Bonchev–Trinajstić information content (AvgIpc) is 3.50. The summed E-state index contributed by atoms with van der Waals surface area (Å²) in [4.78, 5) is 8.53. The summed E-state index contributed by atoms with van der Waals surface area (Å²) < 4.78 is 59.4. The third-order valence-corrected chi connectivity index (χ3v) is 7.85. The Hall–Kier alpha value is -2.39. The van der Waals surface area contributed by atoms with Crippen LogP contribution in [-0.2, 0) is 29.0 Å². The number of nitrogens with zero attached hydrogens (tertiary/aromatic N) is 5. The summed E-state index contributed by atoms with van der Waals surface area (Å²) in [6.07, 6.45) is 3.94. The number of aromatic nitrogens is 5. The van der Waals surface area contributed by atoms with E-state index in [4.69, 9.17) is 23.7 Å². The van der Waals surface area contributed by atoms with Gasteiger partial charge in [0.25, 0.3) is 0 Å². The zero-order chi connectivity index (χ0) is 27.0. The second-order valence-electron chi connectivity index (χ2n) is 8.86. The fourth-order valence-electron chi connectivity index (χ4n) is 4.07. The van der Waals surface area contributed by atoms with E-state index in [1.54, 1.807) is 25.7 Å². The van der Waals surface area contributed by atoms with Gasteiger partial charge in [0.1, 0.15) is 23.7 Å². The highest BCUT2D eigenvalue weighted by Crippen LogP contribution is 2.35. The first kappa shape index (κ1) is 29.2. The van der Waals surface area contributed by atoms with Gasteiger partial charge in [-0.1, -0.05) is 6.92 Å². The van der Waals surface area contributed by atoms with Crippen LogP contribution in [0.4, 0.5) is 5.95 Å². The van der Waals surface area contributed by atoms with E-state index in [0.29, 0.717) is 37.6 Å². The molecule has 1 aliphatic heterocycles. The van der Waals surface area contributed by atoms with Crippen molar-refractivity contribution in [3.63, 3.8) is 0 Å². The second kappa shape index (κ2) is 13.4. The summed E-state index contributed by atoms with van der Waals surface area (Å²) >= 11 is 0. The monoisotopic (exact) mass is 542 g/mol. The molecule has 13 nitrogen and oxygen atoms in total. The van der Waals surface area contributed by atoms with E-state index < -0.39 is 27.6 Å². The molecular formula is C23H38N6O7S. The van der Waals surface area contributed by atoms with Gasteiger partial charge >= 0.3 is 0 Å². The molecule has 37 heavy (non-hydrogen) atoms. The minimum absolute atomic E-state index is 0.0258. The van der Waals surface area contributed by atoms with Crippen LogP contribution in [0.1, 0.15) is 76.5 Å². The lowest BCUT2D eigenvalue weighted by Gasteiger charge is -2.25. The molecule has 1 unspecified atom stereocenters. The van der Waals surface area contributed by atoms with E-state index in [0.717, 1.165) is 12.8 Å². The van der Waals surface area contributed by atoms with Crippen LogP contribution in [0.15, 0.2) is 12.4 Å². The van der Waals surface area contributed by atoms with Gasteiger partial charge in [-0.25, -0.2) is 18.4 Å². The van der Waals surface area contributed by atoms with Gasteiger partial charge in [0.05, 0.1) is 32.2 Å². The highest BCUT2D eigenvalue weighted by Gasteiger charge is 2.37. The zero-order valence-electron chi connectivity index (χ0n) is 22.3. The van der Waals surface area contributed by atoms with Gasteiger partial charge in [0.2, 0.25) is 16.0 Å². The molecule has 2 aromatic rings. The number of ether oxygens (including phenoxy) is 5. The smallest absolute Gasteiger partial charge is 0.240 e.